The van der Waals surface area contributed by atoms with E-state index in [1.54, 1.807) is 7.11 Å². The lowest BCUT2D eigenvalue weighted by atomic mass is 10.00. The minimum atomic E-state index is -0.0306. The van der Waals surface area contributed by atoms with Crippen molar-refractivity contribution in [3.8, 4) is 0 Å². The summed E-state index contributed by atoms with van der Waals surface area (Å²) in [5.74, 6) is 0.622. The van der Waals surface area contributed by atoms with Gasteiger partial charge >= 0.3 is 5.97 Å². The Kier molecular flexibility index (Phi) is 18.6. The van der Waals surface area contributed by atoms with Gasteiger partial charge in [0.1, 0.15) is 6.10 Å². The third-order valence-electron chi connectivity index (χ3n) is 6.68. The van der Waals surface area contributed by atoms with E-state index in [4.69, 9.17) is 9.47 Å². The molecule has 1 rings (SSSR count). The molecule has 0 spiro atoms. The molecule has 1 fully saturated rings. The number of unbranched alkanes of at least 4 members (excludes halogenated alkanes) is 10. The Morgan fingerprint density at radius 2 is 1.34 bits per heavy atom. The van der Waals surface area contributed by atoms with Crippen molar-refractivity contribution in [2.75, 3.05) is 7.11 Å². The van der Waals surface area contributed by atoms with Crippen LogP contribution in [0.1, 0.15) is 129 Å². The lowest BCUT2D eigenvalue weighted by Crippen LogP contribution is -2.27. The Balaban J connectivity index is 1.99. The molecule has 0 aliphatic heterocycles. The fraction of sp³-hybridized carbons (Fsp3) is 0.828. The van der Waals surface area contributed by atoms with E-state index in [0.29, 0.717) is 12.3 Å². The Hall–Kier alpha value is -1.09. The fourth-order valence-corrected chi connectivity index (χ4v) is 4.66. The maximum atomic E-state index is 12.3. The number of esters is 1. The van der Waals surface area contributed by atoms with Crippen LogP contribution in [0.15, 0.2) is 24.3 Å². The SMILES string of the molecule is CCCCC/C=C\C/C=C\CCCCCCCC(=O)OC1CC(CCCCC)CC1OC. The van der Waals surface area contributed by atoms with Crippen molar-refractivity contribution in [3.63, 3.8) is 0 Å². The van der Waals surface area contributed by atoms with Crippen molar-refractivity contribution in [1.29, 1.82) is 0 Å². The highest BCUT2D eigenvalue weighted by molar-refractivity contribution is 5.69. The topological polar surface area (TPSA) is 35.5 Å². The minimum Gasteiger partial charge on any atom is -0.460 e. The van der Waals surface area contributed by atoms with Gasteiger partial charge in [0.25, 0.3) is 0 Å². The second-order valence-electron chi connectivity index (χ2n) is 9.62. The van der Waals surface area contributed by atoms with Crippen LogP contribution in [0.25, 0.3) is 0 Å². The van der Waals surface area contributed by atoms with E-state index in [0.717, 1.165) is 32.1 Å². The molecular weight excluding hydrogens is 396 g/mol. The summed E-state index contributed by atoms with van der Waals surface area (Å²) in [5, 5.41) is 0. The van der Waals surface area contributed by atoms with Crippen LogP contribution in [-0.4, -0.2) is 25.3 Å². The highest BCUT2D eigenvalue weighted by atomic mass is 16.6. The van der Waals surface area contributed by atoms with Crippen LogP contribution in [0.5, 0.6) is 0 Å². The maximum Gasteiger partial charge on any atom is 0.306 e. The molecule has 3 nitrogen and oxygen atoms in total. The van der Waals surface area contributed by atoms with Crippen molar-refractivity contribution in [2.24, 2.45) is 5.92 Å². The number of rotatable bonds is 20. The van der Waals surface area contributed by atoms with Crippen molar-refractivity contribution in [1.82, 2.24) is 0 Å². The first kappa shape index (κ1) is 28.9. The average molecular weight is 449 g/mol. The molecule has 0 aromatic carbocycles. The predicted octanol–water partition coefficient (Wildman–Crippen LogP) is 8.72. The molecule has 0 aromatic heterocycles. The van der Waals surface area contributed by atoms with Gasteiger partial charge in [-0.15, -0.1) is 0 Å². The summed E-state index contributed by atoms with van der Waals surface area (Å²) in [6.07, 6.45) is 30.1. The smallest absolute Gasteiger partial charge is 0.306 e. The second kappa shape index (κ2) is 20.5. The van der Waals surface area contributed by atoms with Gasteiger partial charge in [-0.05, 0) is 57.3 Å². The van der Waals surface area contributed by atoms with E-state index in [2.05, 4.69) is 38.2 Å². The summed E-state index contributed by atoms with van der Waals surface area (Å²) in [6, 6.07) is 0. The van der Waals surface area contributed by atoms with Gasteiger partial charge in [-0.3, -0.25) is 4.79 Å². The van der Waals surface area contributed by atoms with Crippen LogP contribution >= 0.6 is 0 Å². The molecule has 0 bridgehead atoms. The molecule has 3 unspecified atom stereocenters. The number of methoxy groups -OCH3 is 1. The fourth-order valence-electron chi connectivity index (χ4n) is 4.66. The van der Waals surface area contributed by atoms with Crippen LogP contribution in [0.4, 0.5) is 0 Å². The molecule has 1 aliphatic rings. The molecule has 32 heavy (non-hydrogen) atoms. The van der Waals surface area contributed by atoms with Crippen molar-refractivity contribution >= 4 is 5.97 Å². The molecule has 3 atom stereocenters. The Morgan fingerprint density at radius 3 is 2.03 bits per heavy atom. The highest BCUT2D eigenvalue weighted by Gasteiger charge is 2.36. The molecule has 1 saturated carbocycles. The average Bonchev–Trinajstić information content (AvgIpc) is 3.18. The summed E-state index contributed by atoms with van der Waals surface area (Å²) < 4.78 is 11.4. The lowest BCUT2D eigenvalue weighted by Gasteiger charge is -2.18. The Bertz CT molecular complexity index is 497. The Morgan fingerprint density at radius 1 is 0.750 bits per heavy atom. The standard InChI is InChI=1S/C29H52O3/c1-4-6-8-9-10-11-12-13-14-15-16-17-18-19-21-23-29(30)32-28-25-26(22-20-7-5-2)24-27(28)31-3/h10-11,13-14,26-28H,4-9,12,15-25H2,1-3H3/b11-10-,14-13-. The number of allylic oxidation sites excluding steroid dienone is 4. The molecule has 3 heteroatoms. The predicted molar refractivity (Wildman–Crippen MR) is 137 cm³/mol. The summed E-state index contributed by atoms with van der Waals surface area (Å²) in [5.41, 5.74) is 0. The zero-order valence-electron chi connectivity index (χ0n) is 21.5. The van der Waals surface area contributed by atoms with E-state index in [1.165, 1.54) is 77.0 Å². The largest absolute Gasteiger partial charge is 0.460 e. The van der Waals surface area contributed by atoms with Crippen LogP contribution < -0.4 is 0 Å². The van der Waals surface area contributed by atoms with Crippen LogP contribution in [0.3, 0.4) is 0 Å². The number of carbonyl (C=O) groups is 1. The van der Waals surface area contributed by atoms with Gasteiger partial charge in [0.2, 0.25) is 0 Å². The summed E-state index contributed by atoms with van der Waals surface area (Å²) in [4.78, 5) is 12.3. The van der Waals surface area contributed by atoms with E-state index < -0.39 is 0 Å². The Labute approximate surface area is 199 Å². The highest BCUT2D eigenvalue weighted by Crippen LogP contribution is 2.34. The normalized spacial score (nSPS) is 21.2. The van der Waals surface area contributed by atoms with E-state index in [9.17, 15) is 4.79 Å². The molecule has 0 aromatic rings. The first-order valence-corrected chi connectivity index (χ1v) is 13.7. The van der Waals surface area contributed by atoms with Gasteiger partial charge in [0, 0.05) is 13.5 Å². The number of ether oxygens (including phenoxy) is 2. The van der Waals surface area contributed by atoms with Gasteiger partial charge in [-0.2, -0.15) is 0 Å². The van der Waals surface area contributed by atoms with Crippen molar-refractivity contribution in [3.05, 3.63) is 24.3 Å². The van der Waals surface area contributed by atoms with Crippen LogP contribution in [-0.2, 0) is 14.3 Å². The quantitative estimate of drug-likeness (QED) is 0.106. The minimum absolute atomic E-state index is 0.0305. The summed E-state index contributed by atoms with van der Waals surface area (Å²) in [7, 11) is 1.75. The number of carbonyl (C=O) groups excluding carboxylic acids is 1. The van der Waals surface area contributed by atoms with Gasteiger partial charge in [-0.25, -0.2) is 0 Å². The van der Waals surface area contributed by atoms with Crippen molar-refractivity contribution in [2.45, 2.75) is 142 Å². The van der Waals surface area contributed by atoms with E-state index >= 15 is 0 Å². The zero-order chi connectivity index (χ0) is 23.3. The maximum absolute atomic E-state index is 12.3. The molecule has 0 radical (unpaired) electrons. The van der Waals surface area contributed by atoms with Gasteiger partial charge in [-0.1, -0.05) is 95.9 Å². The molecule has 0 saturated heterocycles. The summed E-state index contributed by atoms with van der Waals surface area (Å²) >= 11 is 0. The van der Waals surface area contributed by atoms with Crippen LogP contribution in [0.2, 0.25) is 0 Å². The second-order valence-corrected chi connectivity index (χ2v) is 9.62. The summed E-state index contributed by atoms with van der Waals surface area (Å²) in [6.45, 7) is 4.49. The van der Waals surface area contributed by atoms with Crippen molar-refractivity contribution < 1.29 is 14.3 Å². The first-order chi connectivity index (χ1) is 15.7. The van der Waals surface area contributed by atoms with E-state index in [1.807, 2.05) is 0 Å². The lowest BCUT2D eigenvalue weighted by molar-refractivity contribution is -0.154. The number of hydrogen-bond donors (Lipinski definition) is 0. The van der Waals surface area contributed by atoms with E-state index in [-0.39, 0.29) is 18.2 Å². The van der Waals surface area contributed by atoms with Gasteiger partial charge < -0.3 is 9.47 Å². The number of hydrogen-bond acceptors (Lipinski definition) is 3. The molecule has 0 heterocycles. The van der Waals surface area contributed by atoms with Crippen LogP contribution in [0, 0.1) is 5.92 Å². The molecule has 186 valence electrons. The zero-order valence-corrected chi connectivity index (χ0v) is 21.5. The third-order valence-corrected chi connectivity index (χ3v) is 6.68. The molecule has 0 amide bonds. The first-order valence-electron chi connectivity index (χ1n) is 13.7. The third kappa shape index (κ3) is 14.9. The molecular formula is C29H52O3. The van der Waals surface area contributed by atoms with Gasteiger partial charge in [0.05, 0.1) is 6.10 Å². The molecule has 0 N–H and O–H groups in total. The molecule has 1 aliphatic carbocycles. The monoisotopic (exact) mass is 448 g/mol. The van der Waals surface area contributed by atoms with Gasteiger partial charge in [0.15, 0.2) is 0 Å².